The summed E-state index contributed by atoms with van der Waals surface area (Å²) in [5.41, 5.74) is 5.72. The minimum absolute atomic E-state index is 0.219. The topological polar surface area (TPSA) is 69.6 Å². The van der Waals surface area contributed by atoms with E-state index in [1.54, 1.807) is 7.05 Å². The van der Waals surface area contributed by atoms with Crippen LogP contribution in [0, 0.1) is 0 Å². The van der Waals surface area contributed by atoms with E-state index < -0.39 is 0 Å². The van der Waals surface area contributed by atoms with Gasteiger partial charge in [-0.05, 0) is 18.6 Å². The van der Waals surface area contributed by atoms with E-state index >= 15 is 0 Å². The molecule has 68 valence electrons. The van der Waals surface area contributed by atoms with Gasteiger partial charge in [0.1, 0.15) is 0 Å². The van der Waals surface area contributed by atoms with Crippen LogP contribution in [0.4, 0.5) is 0 Å². The fraction of sp³-hybridized carbons (Fsp3) is 0.857. The van der Waals surface area contributed by atoms with Gasteiger partial charge < -0.3 is 5.73 Å². The lowest BCUT2D eigenvalue weighted by atomic mass is 9.96. The van der Waals surface area contributed by atoms with Gasteiger partial charge in [-0.1, -0.05) is 6.92 Å². The Labute approximate surface area is 71.9 Å². The van der Waals surface area contributed by atoms with Crippen LogP contribution in [0.25, 0.3) is 0 Å². The van der Waals surface area contributed by atoms with Crippen LogP contribution >= 0.6 is 0 Å². The Bertz CT molecular complexity index is 252. The van der Waals surface area contributed by atoms with Crippen LogP contribution in [0.3, 0.4) is 0 Å². The lowest BCUT2D eigenvalue weighted by molar-refractivity contribution is 0.438. The number of rotatable bonds is 3. The molecule has 12 heavy (non-hydrogen) atoms. The van der Waals surface area contributed by atoms with Gasteiger partial charge >= 0.3 is 0 Å². The fourth-order valence-electron chi connectivity index (χ4n) is 0.880. The van der Waals surface area contributed by atoms with E-state index in [2.05, 4.69) is 22.3 Å². The van der Waals surface area contributed by atoms with Crippen LogP contribution in [-0.2, 0) is 13.5 Å². The van der Waals surface area contributed by atoms with Gasteiger partial charge in [0.25, 0.3) is 0 Å². The van der Waals surface area contributed by atoms with Gasteiger partial charge in [-0.15, -0.1) is 10.2 Å². The van der Waals surface area contributed by atoms with Crippen molar-refractivity contribution >= 4 is 0 Å². The summed E-state index contributed by atoms with van der Waals surface area (Å²) >= 11 is 0. The number of tetrazole rings is 1. The first kappa shape index (κ1) is 9.12. The second kappa shape index (κ2) is 3.18. The summed E-state index contributed by atoms with van der Waals surface area (Å²) in [4.78, 5) is 1.45. The van der Waals surface area contributed by atoms with Crippen molar-refractivity contribution in [3.05, 3.63) is 5.82 Å². The van der Waals surface area contributed by atoms with Crippen molar-refractivity contribution in [1.29, 1.82) is 0 Å². The Hall–Kier alpha value is -0.970. The highest BCUT2D eigenvalue weighted by Crippen LogP contribution is 2.09. The van der Waals surface area contributed by atoms with Gasteiger partial charge in [-0.25, -0.2) is 0 Å². The number of nitrogens with two attached hydrogens (primary N) is 1. The molecular formula is C7H15N5. The largest absolute Gasteiger partial charge is 0.325 e. The van der Waals surface area contributed by atoms with Gasteiger partial charge in [0.15, 0.2) is 5.82 Å². The van der Waals surface area contributed by atoms with E-state index in [4.69, 9.17) is 5.73 Å². The van der Waals surface area contributed by atoms with Crippen LogP contribution in [0.2, 0.25) is 0 Å². The summed E-state index contributed by atoms with van der Waals surface area (Å²) in [5.74, 6) is 0.712. The number of aromatic nitrogens is 4. The highest BCUT2D eigenvalue weighted by atomic mass is 15.6. The molecule has 0 saturated carbocycles. The molecule has 1 heterocycles. The van der Waals surface area contributed by atoms with Crippen LogP contribution < -0.4 is 5.73 Å². The van der Waals surface area contributed by atoms with Gasteiger partial charge in [-0.3, -0.25) is 0 Å². The van der Waals surface area contributed by atoms with Crippen molar-refractivity contribution in [1.82, 2.24) is 20.2 Å². The molecule has 5 heteroatoms. The molecule has 1 unspecified atom stereocenters. The Balaban J connectivity index is 2.63. The molecule has 0 aromatic carbocycles. The lowest BCUT2D eigenvalue weighted by Gasteiger charge is -2.19. The normalized spacial score (nSPS) is 16.0. The molecule has 1 aromatic rings. The highest BCUT2D eigenvalue weighted by molar-refractivity contribution is 4.90. The maximum atomic E-state index is 5.94. The first-order valence-electron chi connectivity index (χ1n) is 4.05. The molecule has 0 spiro atoms. The molecule has 1 aromatic heterocycles. The molecule has 0 radical (unpaired) electrons. The van der Waals surface area contributed by atoms with Crippen molar-refractivity contribution in [2.45, 2.75) is 32.2 Å². The average molecular weight is 169 g/mol. The number of hydrogen-bond acceptors (Lipinski definition) is 4. The number of aryl methyl sites for hydroxylation is 1. The highest BCUT2D eigenvalue weighted by Gasteiger charge is 2.18. The minimum Gasteiger partial charge on any atom is -0.325 e. The van der Waals surface area contributed by atoms with Crippen LogP contribution in [0.1, 0.15) is 26.1 Å². The summed E-state index contributed by atoms with van der Waals surface area (Å²) in [7, 11) is 1.75. The Morgan fingerprint density at radius 1 is 1.58 bits per heavy atom. The van der Waals surface area contributed by atoms with Crippen molar-refractivity contribution in [3.63, 3.8) is 0 Å². The maximum Gasteiger partial charge on any atom is 0.176 e. The molecule has 0 amide bonds. The second-order valence-corrected chi connectivity index (χ2v) is 3.38. The van der Waals surface area contributed by atoms with E-state index in [9.17, 15) is 0 Å². The maximum absolute atomic E-state index is 5.94. The summed E-state index contributed by atoms with van der Waals surface area (Å²) in [6, 6.07) is 0. The molecule has 0 bridgehead atoms. The second-order valence-electron chi connectivity index (χ2n) is 3.38. The van der Waals surface area contributed by atoms with Crippen molar-refractivity contribution < 1.29 is 0 Å². The molecule has 0 fully saturated rings. The monoisotopic (exact) mass is 169 g/mol. The summed E-state index contributed by atoms with van der Waals surface area (Å²) < 4.78 is 0. The SMILES string of the molecule is CCC(C)(N)Cc1nnn(C)n1. The Kier molecular flexibility index (Phi) is 2.42. The Morgan fingerprint density at radius 2 is 2.25 bits per heavy atom. The van der Waals surface area contributed by atoms with Crippen molar-refractivity contribution in [2.75, 3.05) is 0 Å². The predicted octanol–water partition coefficient (Wildman–Crippen LogP) is -0.120. The smallest absolute Gasteiger partial charge is 0.176 e. The zero-order chi connectivity index (χ0) is 9.19. The third kappa shape index (κ3) is 2.27. The standard InChI is InChI=1S/C7H15N5/c1-4-7(2,8)5-6-9-11-12(3)10-6/h4-5,8H2,1-3H3. The molecule has 0 aliphatic carbocycles. The third-order valence-corrected chi connectivity index (χ3v) is 1.92. The average Bonchev–Trinajstić information content (AvgIpc) is 2.35. The minimum atomic E-state index is -0.219. The fourth-order valence-corrected chi connectivity index (χ4v) is 0.880. The molecular weight excluding hydrogens is 154 g/mol. The van der Waals surface area contributed by atoms with Crippen molar-refractivity contribution in [3.8, 4) is 0 Å². The molecule has 2 N–H and O–H groups in total. The van der Waals surface area contributed by atoms with Crippen LogP contribution in [-0.4, -0.2) is 25.7 Å². The molecule has 1 atom stereocenters. The van der Waals surface area contributed by atoms with E-state index in [-0.39, 0.29) is 5.54 Å². The zero-order valence-electron chi connectivity index (χ0n) is 7.78. The zero-order valence-corrected chi connectivity index (χ0v) is 7.78. The third-order valence-electron chi connectivity index (χ3n) is 1.92. The quantitative estimate of drug-likeness (QED) is 0.685. The molecule has 0 aliphatic heterocycles. The van der Waals surface area contributed by atoms with Gasteiger partial charge in [0.2, 0.25) is 0 Å². The van der Waals surface area contributed by atoms with Crippen LogP contribution in [0.5, 0.6) is 0 Å². The molecule has 0 aliphatic rings. The number of nitrogens with zero attached hydrogens (tertiary/aromatic N) is 4. The molecule has 1 rings (SSSR count). The van der Waals surface area contributed by atoms with E-state index in [0.717, 1.165) is 6.42 Å². The molecule has 5 nitrogen and oxygen atoms in total. The van der Waals surface area contributed by atoms with E-state index in [1.807, 2.05) is 6.92 Å². The summed E-state index contributed by atoms with van der Waals surface area (Å²) in [6.07, 6.45) is 1.59. The number of hydrogen-bond donors (Lipinski definition) is 1. The van der Waals surface area contributed by atoms with Gasteiger partial charge in [-0.2, -0.15) is 4.80 Å². The van der Waals surface area contributed by atoms with E-state index in [0.29, 0.717) is 12.2 Å². The van der Waals surface area contributed by atoms with Gasteiger partial charge in [0.05, 0.1) is 7.05 Å². The van der Waals surface area contributed by atoms with Gasteiger partial charge in [0, 0.05) is 12.0 Å². The van der Waals surface area contributed by atoms with Crippen molar-refractivity contribution in [2.24, 2.45) is 12.8 Å². The van der Waals surface area contributed by atoms with E-state index in [1.165, 1.54) is 4.80 Å². The lowest BCUT2D eigenvalue weighted by Crippen LogP contribution is -2.38. The molecule has 0 saturated heterocycles. The van der Waals surface area contributed by atoms with Crippen LogP contribution in [0.15, 0.2) is 0 Å². The summed E-state index contributed by atoms with van der Waals surface area (Å²) in [5, 5.41) is 11.7. The first-order valence-corrected chi connectivity index (χ1v) is 4.05. The first-order chi connectivity index (χ1) is 5.53. The Morgan fingerprint density at radius 3 is 2.67 bits per heavy atom. The predicted molar refractivity (Wildman–Crippen MR) is 45.4 cm³/mol. The summed E-state index contributed by atoms with van der Waals surface area (Å²) in [6.45, 7) is 4.04.